The van der Waals surface area contributed by atoms with Crippen molar-refractivity contribution in [2.75, 3.05) is 13.7 Å². The van der Waals surface area contributed by atoms with E-state index in [1.807, 2.05) is 0 Å². The third kappa shape index (κ3) is 3.74. The Morgan fingerprint density at radius 3 is 2.50 bits per heavy atom. The van der Waals surface area contributed by atoms with Gasteiger partial charge in [-0.15, -0.1) is 0 Å². The van der Waals surface area contributed by atoms with Gasteiger partial charge >= 0.3 is 0 Å². The van der Waals surface area contributed by atoms with E-state index in [9.17, 15) is 0 Å². The second kappa shape index (κ2) is 6.02. The molecule has 0 aromatic carbocycles. The highest BCUT2D eigenvalue weighted by molar-refractivity contribution is 4.90. The van der Waals surface area contributed by atoms with E-state index in [-0.39, 0.29) is 0 Å². The molecule has 1 saturated carbocycles. The molecule has 1 fully saturated rings. The van der Waals surface area contributed by atoms with Crippen LogP contribution in [-0.2, 0) is 4.74 Å². The minimum Gasteiger partial charge on any atom is -0.383 e. The van der Waals surface area contributed by atoms with Crippen molar-refractivity contribution >= 4 is 0 Å². The molecule has 2 atom stereocenters. The Bertz CT molecular complexity index is 201. The van der Waals surface area contributed by atoms with E-state index in [4.69, 9.17) is 4.74 Å². The number of rotatable bonds is 5. The van der Waals surface area contributed by atoms with Gasteiger partial charge in [-0.1, -0.05) is 40.5 Å². The SMILES string of the molecule is COCC(NC1CCCCC1(C)C)C(C)C. The fraction of sp³-hybridized carbons (Fsp3) is 1.00. The van der Waals surface area contributed by atoms with Crippen LogP contribution in [0.25, 0.3) is 0 Å². The lowest BCUT2D eigenvalue weighted by Gasteiger charge is -2.42. The molecule has 0 aromatic heterocycles. The van der Waals surface area contributed by atoms with Crippen LogP contribution >= 0.6 is 0 Å². The molecule has 2 heteroatoms. The van der Waals surface area contributed by atoms with Crippen molar-refractivity contribution in [1.29, 1.82) is 0 Å². The zero-order chi connectivity index (χ0) is 12.2. The van der Waals surface area contributed by atoms with E-state index in [1.54, 1.807) is 7.11 Å². The Morgan fingerprint density at radius 2 is 2.00 bits per heavy atom. The molecule has 1 rings (SSSR count). The molecule has 16 heavy (non-hydrogen) atoms. The van der Waals surface area contributed by atoms with E-state index in [0.717, 1.165) is 6.61 Å². The van der Waals surface area contributed by atoms with Crippen LogP contribution in [-0.4, -0.2) is 25.8 Å². The van der Waals surface area contributed by atoms with Gasteiger partial charge in [-0.3, -0.25) is 0 Å². The maximum atomic E-state index is 5.31. The summed E-state index contributed by atoms with van der Waals surface area (Å²) >= 11 is 0. The fourth-order valence-corrected chi connectivity index (χ4v) is 2.67. The second-order valence-corrected chi connectivity index (χ2v) is 6.26. The van der Waals surface area contributed by atoms with Crippen LogP contribution in [0.15, 0.2) is 0 Å². The van der Waals surface area contributed by atoms with Crippen molar-refractivity contribution in [1.82, 2.24) is 5.32 Å². The van der Waals surface area contributed by atoms with Gasteiger partial charge in [0.05, 0.1) is 6.61 Å². The van der Waals surface area contributed by atoms with Crippen LogP contribution in [0.1, 0.15) is 53.4 Å². The van der Waals surface area contributed by atoms with Gasteiger partial charge in [-0.2, -0.15) is 0 Å². The standard InChI is InChI=1S/C14H29NO/c1-11(2)12(10-16-5)15-13-8-6-7-9-14(13,3)4/h11-13,15H,6-10H2,1-5H3. The molecular formula is C14H29NO. The van der Waals surface area contributed by atoms with Crippen LogP contribution < -0.4 is 5.32 Å². The molecule has 0 bridgehead atoms. The zero-order valence-electron chi connectivity index (χ0n) is 11.7. The summed E-state index contributed by atoms with van der Waals surface area (Å²) in [5.41, 5.74) is 0.444. The topological polar surface area (TPSA) is 21.3 Å². The lowest BCUT2D eigenvalue weighted by molar-refractivity contribution is 0.0995. The lowest BCUT2D eigenvalue weighted by Crippen LogP contribution is -2.51. The number of nitrogens with one attached hydrogen (secondary N) is 1. The summed E-state index contributed by atoms with van der Waals surface area (Å²) in [5.74, 6) is 0.637. The lowest BCUT2D eigenvalue weighted by atomic mass is 9.73. The van der Waals surface area contributed by atoms with Gasteiger partial charge < -0.3 is 10.1 Å². The Hall–Kier alpha value is -0.0800. The number of methoxy groups -OCH3 is 1. The molecule has 0 aliphatic heterocycles. The molecule has 96 valence electrons. The molecule has 0 heterocycles. The van der Waals surface area contributed by atoms with E-state index in [2.05, 4.69) is 33.0 Å². The molecule has 0 saturated heterocycles. The smallest absolute Gasteiger partial charge is 0.0618 e. The van der Waals surface area contributed by atoms with Crippen LogP contribution in [0.5, 0.6) is 0 Å². The molecule has 2 nitrogen and oxygen atoms in total. The zero-order valence-corrected chi connectivity index (χ0v) is 11.7. The van der Waals surface area contributed by atoms with E-state index >= 15 is 0 Å². The first-order chi connectivity index (χ1) is 7.47. The largest absolute Gasteiger partial charge is 0.383 e. The minimum absolute atomic E-state index is 0.444. The van der Waals surface area contributed by atoms with E-state index < -0.39 is 0 Å². The molecule has 1 N–H and O–H groups in total. The third-order valence-corrected chi connectivity index (χ3v) is 4.07. The average Bonchev–Trinajstić information content (AvgIpc) is 2.19. The first kappa shape index (κ1) is 14.0. The van der Waals surface area contributed by atoms with Crippen molar-refractivity contribution in [2.45, 2.75) is 65.5 Å². The Morgan fingerprint density at radius 1 is 1.31 bits per heavy atom. The fourth-order valence-electron chi connectivity index (χ4n) is 2.67. The summed E-state index contributed by atoms with van der Waals surface area (Å²) < 4.78 is 5.31. The van der Waals surface area contributed by atoms with Gasteiger partial charge in [0.2, 0.25) is 0 Å². The van der Waals surface area contributed by atoms with Crippen molar-refractivity contribution < 1.29 is 4.74 Å². The van der Waals surface area contributed by atoms with Crippen molar-refractivity contribution in [3.05, 3.63) is 0 Å². The van der Waals surface area contributed by atoms with Crippen LogP contribution in [0.4, 0.5) is 0 Å². The summed E-state index contributed by atoms with van der Waals surface area (Å²) in [4.78, 5) is 0. The van der Waals surface area contributed by atoms with E-state index in [1.165, 1.54) is 25.7 Å². The second-order valence-electron chi connectivity index (χ2n) is 6.26. The molecule has 1 aliphatic carbocycles. The molecule has 0 spiro atoms. The Labute approximate surface area is 101 Å². The van der Waals surface area contributed by atoms with Crippen molar-refractivity contribution in [2.24, 2.45) is 11.3 Å². The highest BCUT2D eigenvalue weighted by atomic mass is 16.5. The van der Waals surface area contributed by atoms with Crippen LogP contribution in [0.2, 0.25) is 0 Å². The van der Waals surface area contributed by atoms with Gasteiger partial charge in [-0.05, 0) is 24.2 Å². The molecule has 1 aliphatic rings. The Balaban J connectivity index is 2.55. The molecule has 0 radical (unpaired) electrons. The molecule has 0 amide bonds. The predicted octanol–water partition coefficient (Wildman–Crippen LogP) is 3.22. The van der Waals surface area contributed by atoms with Gasteiger partial charge in [-0.25, -0.2) is 0 Å². The highest BCUT2D eigenvalue weighted by Gasteiger charge is 2.33. The summed E-state index contributed by atoms with van der Waals surface area (Å²) in [6, 6.07) is 1.15. The van der Waals surface area contributed by atoms with Crippen molar-refractivity contribution in [3.8, 4) is 0 Å². The quantitative estimate of drug-likeness (QED) is 0.778. The Kier molecular flexibility index (Phi) is 5.26. The predicted molar refractivity (Wildman–Crippen MR) is 69.7 cm³/mol. The molecular weight excluding hydrogens is 198 g/mol. The highest BCUT2D eigenvalue weighted by Crippen LogP contribution is 2.35. The maximum absolute atomic E-state index is 5.31. The maximum Gasteiger partial charge on any atom is 0.0618 e. The van der Waals surface area contributed by atoms with Gasteiger partial charge in [0, 0.05) is 19.2 Å². The number of ether oxygens (including phenoxy) is 1. The molecule has 2 unspecified atom stereocenters. The minimum atomic E-state index is 0.444. The first-order valence-electron chi connectivity index (χ1n) is 6.72. The van der Waals surface area contributed by atoms with Crippen LogP contribution in [0, 0.1) is 11.3 Å². The van der Waals surface area contributed by atoms with Gasteiger partial charge in [0.15, 0.2) is 0 Å². The average molecular weight is 227 g/mol. The first-order valence-corrected chi connectivity index (χ1v) is 6.72. The van der Waals surface area contributed by atoms with Gasteiger partial charge in [0.25, 0.3) is 0 Å². The molecule has 0 aromatic rings. The summed E-state index contributed by atoms with van der Waals surface area (Å²) in [7, 11) is 1.79. The van der Waals surface area contributed by atoms with E-state index in [0.29, 0.717) is 23.4 Å². The summed E-state index contributed by atoms with van der Waals surface area (Å²) in [5, 5.41) is 3.82. The normalized spacial score (nSPS) is 27.0. The van der Waals surface area contributed by atoms with Gasteiger partial charge in [0.1, 0.15) is 0 Å². The van der Waals surface area contributed by atoms with Crippen molar-refractivity contribution in [3.63, 3.8) is 0 Å². The monoisotopic (exact) mass is 227 g/mol. The summed E-state index contributed by atoms with van der Waals surface area (Å²) in [6.45, 7) is 10.2. The summed E-state index contributed by atoms with van der Waals surface area (Å²) in [6.07, 6.45) is 5.43. The number of hydrogen-bond acceptors (Lipinski definition) is 2. The van der Waals surface area contributed by atoms with Crippen LogP contribution in [0.3, 0.4) is 0 Å². The third-order valence-electron chi connectivity index (χ3n) is 4.07. The number of hydrogen-bond donors (Lipinski definition) is 1.